The fraction of sp³-hybridized carbons (Fsp3) is 0.684. The number of likely N-dealkylation sites (tertiary alicyclic amines) is 2. The number of rotatable bonds is 5. The molecule has 0 spiro atoms. The van der Waals surface area contributed by atoms with Crippen molar-refractivity contribution in [3.05, 3.63) is 35.6 Å². The Morgan fingerprint density at radius 2 is 1.83 bits per heavy atom. The Morgan fingerprint density at radius 3 is 2.58 bits per heavy atom. The summed E-state index contributed by atoms with van der Waals surface area (Å²) in [7, 11) is 0. The second-order valence-corrected chi connectivity index (χ2v) is 7.07. The Balaban J connectivity index is 1.85. The van der Waals surface area contributed by atoms with Gasteiger partial charge in [0, 0.05) is 18.7 Å². The van der Waals surface area contributed by atoms with E-state index in [-0.39, 0.29) is 12.0 Å². The number of nitrogens with two attached hydrogens (primary N) is 1. The van der Waals surface area contributed by atoms with Crippen LogP contribution in [-0.4, -0.2) is 42.1 Å². The smallest absolute Gasteiger partial charge is 0.191 e. The molecule has 2 atom stereocenters. The van der Waals surface area contributed by atoms with Gasteiger partial charge in [-0.2, -0.15) is 0 Å². The third-order valence-corrected chi connectivity index (χ3v) is 5.49. The molecule has 2 unspecified atom stereocenters. The topological polar surface area (TPSA) is 32.5 Å². The Kier molecular flexibility index (Phi) is 5.85. The lowest BCUT2D eigenvalue weighted by atomic mass is 9.90. The molecule has 3 nitrogen and oxygen atoms in total. The zero-order chi connectivity index (χ0) is 17.0. The van der Waals surface area contributed by atoms with Crippen molar-refractivity contribution in [2.45, 2.75) is 56.9 Å². The monoisotopic (exact) mass is 337 g/mol. The summed E-state index contributed by atoms with van der Waals surface area (Å²) in [4.78, 5) is 4.44. The van der Waals surface area contributed by atoms with Gasteiger partial charge in [0.05, 0.1) is 6.17 Å². The van der Waals surface area contributed by atoms with Crippen molar-refractivity contribution in [3.63, 3.8) is 0 Å². The Bertz CT molecular complexity index is 522. The zero-order valence-electron chi connectivity index (χ0n) is 14.4. The van der Waals surface area contributed by atoms with Crippen molar-refractivity contribution >= 4 is 0 Å². The molecular weight excluding hydrogens is 308 g/mol. The molecule has 24 heavy (non-hydrogen) atoms. The van der Waals surface area contributed by atoms with E-state index in [1.54, 1.807) is 12.1 Å². The van der Waals surface area contributed by atoms with Crippen LogP contribution in [0.25, 0.3) is 0 Å². The number of nitrogens with zero attached hydrogens (tertiary/aromatic N) is 2. The van der Waals surface area contributed by atoms with Gasteiger partial charge in [-0.1, -0.05) is 12.1 Å². The standard InChI is InChI=1S/C19H29F2N3/c20-17-9-7-16(8-10-17)19(21)11-2-4-15-24(19)18-6-1-3-13-23(18)14-5-12-22/h7-10,18H,1-6,11-15,22H2. The Labute approximate surface area is 143 Å². The van der Waals surface area contributed by atoms with E-state index in [1.165, 1.54) is 18.6 Å². The summed E-state index contributed by atoms with van der Waals surface area (Å²) in [6, 6.07) is 5.97. The minimum absolute atomic E-state index is 0.126. The molecule has 0 amide bonds. The molecule has 3 rings (SSSR count). The first-order valence-corrected chi connectivity index (χ1v) is 9.31. The van der Waals surface area contributed by atoms with Crippen LogP contribution in [0.5, 0.6) is 0 Å². The third kappa shape index (κ3) is 3.63. The van der Waals surface area contributed by atoms with Crippen LogP contribution in [0.3, 0.4) is 0 Å². The highest BCUT2D eigenvalue weighted by Crippen LogP contribution is 2.42. The van der Waals surface area contributed by atoms with Gasteiger partial charge in [-0.3, -0.25) is 9.80 Å². The molecule has 1 aromatic rings. The number of hydrogen-bond acceptors (Lipinski definition) is 3. The van der Waals surface area contributed by atoms with E-state index in [4.69, 9.17) is 5.73 Å². The van der Waals surface area contributed by atoms with Crippen molar-refractivity contribution in [2.75, 3.05) is 26.2 Å². The minimum atomic E-state index is -1.49. The summed E-state index contributed by atoms with van der Waals surface area (Å²) in [5.41, 5.74) is 6.27. The quantitative estimate of drug-likeness (QED) is 0.834. The normalized spacial score (nSPS) is 29.7. The largest absolute Gasteiger partial charge is 0.330 e. The molecule has 2 N–H and O–H groups in total. The predicted octanol–water partition coefficient (Wildman–Crippen LogP) is 3.59. The van der Waals surface area contributed by atoms with Gasteiger partial charge >= 0.3 is 0 Å². The average molecular weight is 337 g/mol. The van der Waals surface area contributed by atoms with Crippen LogP contribution in [0.1, 0.15) is 50.5 Å². The van der Waals surface area contributed by atoms with Crippen LogP contribution in [0.4, 0.5) is 8.78 Å². The van der Waals surface area contributed by atoms with E-state index in [0.717, 1.165) is 51.7 Å². The van der Waals surface area contributed by atoms with Crippen LogP contribution >= 0.6 is 0 Å². The molecule has 2 aliphatic rings. The van der Waals surface area contributed by atoms with E-state index >= 15 is 4.39 Å². The number of hydrogen-bond donors (Lipinski definition) is 1. The first kappa shape index (κ1) is 17.8. The van der Waals surface area contributed by atoms with Crippen LogP contribution < -0.4 is 5.73 Å². The summed E-state index contributed by atoms with van der Waals surface area (Å²) < 4.78 is 29.4. The summed E-state index contributed by atoms with van der Waals surface area (Å²) >= 11 is 0. The Morgan fingerprint density at radius 1 is 1.08 bits per heavy atom. The molecule has 2 aliphatic heterocycles. The first-order valence-electron chi connectivity index (χ1n) is 9.31. The predicted molar refractivity (Wildman–Crippen MR) is 92.6 cm³/mol. The highest BCUT2D eigenvalue weighted by Gasteiger charge is 2.45. The lowest BCUT2D eigenvalue weighted by molar-refractivity contribution is -0.144. The van der Waals surface area contributed by atoms with Crippen LogP contribution in [0, 0.1) is 5.82 Å². The first-order chi connectivity index (χ1) is 11.6. The Hall–Kier alpha value is -1.04. The molecule has 0 aromatic heterocycles. The van der Waals surface area contributed by atoms with Gasteiger partial charge in [0.2, 0.25) is 0 Å². The number of benzene rings is 1. The van der Waals surface area contributed by atoms with Gasteiger partial charge in [0.25, 0.3) is 0 Å². The molecule has 2 saturated heterocycles. The van der Waals surface area contributed by atoms with E-state index < -0.39 is 5.79 Å². The summed E-state index contributed by atoms with van der Waals surface area (Å²) in [6.45, 7) is 3.37. The minimum Gasteiger partial charge on any atom is -0.330 e. The van der Waals surface area contributed by atoms with E-state index in [2.05, 4.69) is 4.90 Å². The molecule has 2 heterocycles. The van der Waals surface area contributed by atoms with Crippen molar-refractivity contribution in [1.29, 1.82) is 0 Å². The van der Waals surface area contributed by atoms with Crippen LogP contribution in [0.2, 0.25) is 0 Å². The maximum absolute atomic E-state index is 16.1. The van der Waals surface area contributed by atoms with E-state index in [1.807, 2.05) is 4.90 Å². The van der Waals surface area contributed by atoms with Crippen molar-refractivity contribution in [1.82, 2.24) is 9.80 Å². The third-order valence-electron chi connectivity index (χ3n) is 5.49. The highest BCUT2D eigenvalue weighted by atomic mass is 19.1. The van der Waals surface area contributed by atoms with Crippen LogP contribution in [0.15, 0.2) is 24.3 Å². The maximum atomic E-state index is 16.1. The molecule has 0 saturated carbocycles. The van der Waals surface area contributed by atoms with Crippen molar-refractivity contribution in [2.24, 2.45) is 5.73 Å². The van der Waals surface area contributed by atoms with Crippen molar-refractivity contribution < 1.29 is 8.78 Å². The number of halogens is 2. The van der Waals surface area contributed by atoms with Gasteiger partial charge < -0.3 is 5.73 Å². The molecule has 1 aromatic carbocycles. The number of piperidine rings is 2. The molecule has 0 radical (unpaired) electrons. The molecule has 2 fully saturated rings. The zero-order valence-corrected chi connectivity index (χ0v) is 14.4. The molecule has 134 valence electrons. The fourth-order valence-corrected chi connectivity index (χ4v) is 4.24. The second-order valence-electron chi connectivity index (χ2n) is 7.07. The summed E-state index contributed by atoms with van der Waals surface area (Å²) in [6.07, 6.45) is 6.76. The van der Waals surface area contributed by atoms with Gasteiger partial charge in [0.15, 0.2) is 5.79 Å². The van der Waals surface area contributed by atoms with Gasteiger partial charge in [0.1, 0.15) is 5.82 Å². The van der Waals surface area contributed by atoms with Gasteiger partial charge in [-0.15, -0.1) is 0 Å². The lowest BCUT2D eigenvalue weighted by Gasteiger charge is -2.51. The average Bonchev–Trinajstić information content (AvgIpc) is 2.61. The maximum Gasteiger partial charge on any atom is 0.191 e. The molecule has 5 heteroatoms. The fourth-order valence-electron chi connectivity index (χ4n) is 4.24. The molecule has 0 bridgehead atoms. The number of alkyl halides is 1. The SMILES string of the molecule is NCCCN1CCCCC1N1CCCCC1(F)c1ccc(F)cc1. The van der Waals surface area contributed by atoms with Crippen molar-refractivity contribution in [3.8, 4) is 0 Å². The van der Waals surface area contributed by atoms with Crippen LogP contribution in [-0.2, 0) is 5.79 Å². The van der Waals surface area contributed by atoms with Gasteiger partial charge in [-0.05, 0) is 70.2 Å². The van der Waals surface area contributed by atoms with E-state index in [9.17, 15) is 4.39 Å². The second kappa shape index (κ2) is 7.89. The molecule has 0 aliphatic carbocycles. The lowest BCUT2D eigenvalue weighted by Crippen LogP contribution is -2.59. The summed E-state index contributed by atoms with van der Waals surface area (Å²) in [5, 5.41) is 0. The molecular formula is C19H29F2N3. The summed E-state index contributed by atoms with van der Waals surface area (Å²) in [5.74, 6) is -1.80. The van der Waals surface area contributed by atoms with Gasteiger partial charge in [-0.25, -0.2) is 8.78 Å². The van der Waals surface area contributed by atoms with E-state index in [0.29, 0.717) is 18.5 Å². The highest BCUT2D eigenvalue weighted by molar-refractivity contribution is 5.23.